The van der Waals surface area contributed by atoms with Gasteiger partial charge in [0.05, 0.1) is 0 Å². The Morgan fingerprint density at radius 2 is 2.12 bits per heavy atom. The van der Waals surface area contributed by atoms with Gasteiger partial charge in [0.1, 0.15) is 0 Å². The number of allylic oxidation sites excluding steroid dienone is 2. The van der Waals surface area contributed by atoms with E-state index in [0.29, 0.717) is 0 Å². The Morgan fingerprint density at radius 3 is 2.38 bits per heavy atom. The third kappa shape index (κ3) is 0.767. The third-order valence-electron chi connectivity index (χ3n) is 1.27. The number of nitrogens with one attached hydrogen (secondary N) is 3. The van der Waals surface area contributed by atoms with Crippen molar-refractivity contribution in [3.8, 4) is 0 Å². The molecule has 0 aromatic rings. The summed E-state index contributed by atoms with van der Waals surface area (Å²) >= 11 is 0. The SMILES string of the molecule is CCC1=C(C)NNN1. The summed E-state index contributed by atoms with van der Waals surface area (Å²) < 4.78 is 0. The highest BCUT2D eigenvalue weighted by molar-refractivity contribution is 5.09. The number of hydrazine groups is 2. The van der Waals surface area contributed by atoms with Crippen molar-refractivity contribution >= 4 is 0 Å². The zero-order chi connectivity index (χ0) is 5.98. The summed E-state index contributed by atoms with van der Waals surface area (Å²) in [5, 5.41) is 0. The number of hydrogen-bond acceptors (Lipinski definition) is 3. The molecule has 0 saturated carbocycles. The molecule has 46 valence electrons. The van der Waals surface area contributed by atoms with Crippen LogP contribution in [0.5, 0.6) is 0 Å². The second-order valence-electron chi connectivity index (χ2n) is 1.83. The van der Waals surface area contributed by atoms with E-state index in [1.807, 2.05) is 6.92 Å². The predicted molar refractivity (Wildman–Crippen MR) is 32.4 cm³/mol. The van der Waals surface area contributed by atoms with Crippen molar-refractivity contribution in [1.29, 1.82) is 0 Å². The van der Waals surface area contributed by atoms with E-state index in [-0.39, 0.29) is 0 Å². The van der Waals surface area contributed by atoms with Gasteiger partial charge in [-0.15, -0.1) is 0 Å². The van der Waals surface area contributed by atoms with Crippen LogP contribution in [0.25, 0.3) is 0 Å². The second-order valence-corrected chi connectivity index (χ2v) is 1.83. The van der Waals surface area contributed by atoms with Crippen LogP contribution in [0.2, 0.25) is 0 Å². The molecule has 0 unspecified atom stereocenters. The fourth-order valence-corrected chi connectivity index (χ4v) is 0.723. The summed E-state index contributed by atoms with van der Waals surface area (Å²) in [6.07, 6.45) is 1.05. The molecule has 1 heterocycles. The maximum absolute atomic E-state index is 2.97. The minimum Gasteiger partial charge on any atom is -0.307 e. The first-order valence-corrected chi connectivity index (χ1v) is 2.81. The van der Waals surface area contributed by atoms with Crippen molar-refractivity contribution in [3.05, 3.63) is 11.4 Å². The van der Waals surface area contributed by atoms with Crippen LogP contribution in [0.4, 0.5) is 0 Å². The quantitative estimate of drug-likeness (QED) is 0.456. The highest BCUT2D eigenvalue weighted by Gasteiger charge is 2.03. The maximum atomic E-state index is 2.97. The lowest BCUT2D eigenvalue weighted by atomic mass is 10.3. The molecule has 1 aliphatic rings. The van der Waals surface area contributed by atoms with Crippen molar-refractivity contribution in [2.75, 3.05) is 0 Å². The zero-order valence-electron chi connectivity index (χ0n) is 5.21. The zero-order valence-corrected chi connectivity index (χ0v) is 5.21. The van der Waals surface area contributed by atoms with Crippen molar-refractivity contribution in [2.45, 2.75) is 20.3 Å². The number of rotatable bonds is 1. The van der Waals surface area contributed by atoms with Crippen LogP contribution in [0, 0.1) is 0 Å². The largest absolute Gasteiger partial charge is 0.307 e. The molecule has 3 N–H and O–H groups in total. The van der Waals surface area contributed by atoms with Gasteiger partial charge in [0.15, 0.2) is 0 Å². The molecule has 3 heteroatoms. The lowest BCUT2D eigenvalue weighted by Gasteiger charge is -1.94. The minimum atomic E-state index is 1.05. The summed E-state index contributed by atoms with van der Waals surface area (Å²) in [4.78, 5) is 0. The first-order valence-electron chi connectivity index (χ1n) is 2.81. The van der Waals surface area contributed by atoms with Gasteiger partial charge in [0.25, 0.3) is 0 Å². The van der Waals surface area contributed by atoms with Gasteiger partial charge in [0, 0.05) is 11.4 Å². The average molecular weight is 113 g/mol. The molecule has 0 aromatic carbocycles. The van der Waals surface area contributed by atoms with Crippen LogP contribution >= 0.6 is 0 Å². The highest BCUT2D eigenvalue weighted by Crippen LogP contribution is 2.02. The molecule has 0 aliphatic carbocycles. The van der Waals surface area contributed by atoms with E-state index in [2.05, 4.69) is 23.3 Å². The Balaban J connectivity index is 2.58. The van der Waals surface area contributed by atoms with Crippen molar-refractivity contribution in [3.63, 3.8) is 0 Å². The lowest BCUT2D eigenvalue weighted by molar-refractivity contribution is 0.584. The second kappa shape index (κ2) is 2.05. The molecular weight excluding hydrogens is 102 g/mol. The van der Waals surface area contributed by atoms with Crippen LogP contribution in [0.3, 0.4) is 0 Å². The molecule has 8 heavy (non-hydrogen) atoms. The van der Waals surface area contributed by atoms with Crippen LogP contribution in [-0.4, -0.2) is 0 Å². The molecule has 0 atom stereocenters. The molecule has 0 amide bonds. The predicted octanol–water partition coefficient (Wildman–Crippen LogP) is 0.240. The van der Waals surface area contributed by atoms with Gasteiger partial charge in [-0.1, -0.05) is 6.92 Å². The van der Waals surface area contributed by atoms with Gasteiger partial charge in [-0.25, -0.2) is 0 Å². The van der Waals surface area contributed by atoms with E-state index in [1.165, 1.54) is 11.4 Å². The summed E-state index contributed by atoms with van der Waals surface area (Å²) in [6, 6.07) is 0. The van der Waals surface area contributed by atoms with Crippen molar-refractivity contribution in [1.82, 2.24) is 16.4 Å². The Morgan fingerprint density at radius 1 is 1.38 bits per heavy atom. The van der Waals surface area contributed by atoms with Gasteiger partial charge in [-0.2, -0.15) is 5.53 Å². The molecule has 3 nitrogen and oxygen atoms in total. The fraction of sp³-hybridized carbons (Fsp3) is 0.600. The monoisotopic (exact) mass is 113 g/mol. The fourth-order valence-electron chi connectivity index (χ4n) is 0.723. The van der Waals surface area contributed by atoms with Crippen LogP contribution in [0.1, 0.15) is 20.3 Å². The van der Waals surface area contributed by atoms with E-state index in [4.69, 9.17) is 0 Å². The first-order chi connectivity index (χ1) is 3.84. The lowest BCUT2D eigenvalue weighted by Crippen LogP contribution is -2.32. The van der Waals surface area contributed by atoms with E-state index in [9.17, 15) is 0 Å². The van der Waals surface area contributed by atoms with E-state index < -0.39 is 0 Å². The summed E-state index contributed by atoms with van der Waals surface area (Å²) in [7, 11) is 0. The molecule has 0 fully saturated rings. The van der Waals surface area contributed by atoms with Crippen LogP contribution in [-0.2, 0) is 0 Å². The van der Waals surface area contributed by atoms with Gasteiger partial charge in [-0.05, 0) is 13.3 Å². The van der Waals surface area contributed by atoms with Gasteiger partial charge in [0.2, 0.25) is 0 Å². The Kier molecular flexibility index (Phi) is 1.39. The molecule has 0 saturated heterocycles. The molecule has 0 spiro atoms. The topological polar surface area (TPSA) is 36.1 Å². The van der Waals surface area contributed by atoms with Gasteiger partial charge in [-0.3, -0.25) is 0 Å². The minimum absolute atomic E-state index is 1.05. The highest BCUT2D eigenvalue weighted by atomic mass is 15.6. The molecule has 1 aliphatic heterocycles. The molecule has 0 radical (unpaired) electrons. The van der Waals surface area contributed by atoms with Crippen molar-refractivity contribution < 1.29 is 0 Å². The normalized spacial score (nSPS) is 18.2. The summed E-state index contributed by atoms with van der Waals surface area (Å²) in [6.45, 7) is 4.15. The average Bonchev–Trinajstić information content (AvgIpc) is 2.14. The maximum Gasteiger partial charge on any atom is 0.0477 e. The Bertz CT molecular complexity index is 117. The standard InChI is InChI=1S/C5H11N3/c1-3-5-4(2)6-8-7-5/h6-8H,3H2,1-2H3. The van der Waals surface area contributed by atoms with Gasteiger partial charge < -0.3 is 10.9 Å². The van der Waals surface area contributed by atoms with E-state index >= 15 is 0 Å². The summed E-state index contributed by atoms with van der Waals surface area (Å²) in [5.74, 6) is 0. The molecular formula is C5H11N3. The Labute approximate surface area is 49.1 Å². The molecule has 0 aromatic heterocycles. The summed E-state index contributed by atoms with van der Waals surface area (Å²) in [5.41, 5.74) is 11.1. The van der Waals surface area contributed by atoms with Gasteiger partial charge >= 0.3 is 0 Å². The molecule has 0 bridgehead atoms. The first kappa shape index (κ1) is 5.44. The van der Waals surface area contributed by atoms with E-state index in [1.54, 1.807) is 0 Å². The van der Waals surface area contributed by atoms with Crippen molar-refractivity contribution in [2.24, 2.45) is 0 Å². The smallest absolute Gasteiger partial charge is 0.0477 e. The van der Waals surface area contributed by atoms with Crippen LogP contribution in [0.15, 0.2) is 11.4 Å². The Hall–Kier alpha value is -0.700. The van der Waals surface area contributed by atoms with E-state index in [0.717, 1.165) is 6.42 Å². The number of hydrogen-bond donors (Lipinski definition) is 3. The molecule has 1 rings (SSSR count). The van der Waals surface area contributed by atoms with Crippen LogP contribution < -0.4 is 16.4 Å². The third-order valence-corrected chi connectivity index (χ3v) is 1.27.